The van der Waals surface area contributed by atoms with E-state index in [0.717, 1.165) is 36.4 Å². The molecule has 0 radical (unpaired) electrons. The lowest BCUT2D eigenvalue weighted by atomic mass is 10.0. The van der Waals surface area contributed by atoms with Crippen molar-refractivity contribution in [2.45, 2.75) is 26.2 Å². The number of nitrogens with two attached hydrogens (primary N) is 1. The zero-order valence-corrected chi connectivity index (χ0v) is 18.5. The Kier molecular flexibility index (Phi) is 7.57. The molecule has 0 unspecified atom stereocenters. The molecule has 1 aliphatic carbocycles. The van der Waals surface area contributed by atoms with Gasteiger partial charge in [-0.1, -0.05) is 0 Å². The van der Waals surface area contributed by atoms with Crippen LogP contribution in [0.2, 0.25) is 0 Å². The van der Waals surface area contributed by atoms with E-state index in [2.05, 4.69) is 15.6 Å². The lowest BCUT2D eigenvalue weighted by Crippen LogP contribution is -2.72. The number of anilines is 1. The van der Waals surface area contributed by atoms with Gasteiger partial charge in [-0.25, -0.2) is 4.39 Å². The average molecular weight is 428 g/mol. The zero-order chi connectivity index (χ0) is 22.4. The number of carbonyl (C=O) groups is 1. The Morgan fingerprint density at radius 3 is 2.81 bits per heavy atom. The minimum atomic E-state index is -0.386. The Bertz CT molecular complexity index is 932. The van der Waals surface area contributed by atoms with Gasteiger partial charge in [0.15, 0.2) is 0 Å². The van der Waals surface area contributed by atoms with Crippen LogP contribution in [0.1, 0.15) is 31.7 Å². The number of carbonyl (C=O) groups excluding carboxylic acids is 1. The van der Waals surface area contributed by atoms with Crippen LogP contribution in [0.4, 0.5) is 10.1 Å². The molecule has 0 aromatic heterocycles. The summed E-state index contributed by atoms with van der Waals surface area (Å²) < 4.78 is 14.4. The minimum Gasteiger partial charge on any atom is -0.388 e. The number of aliphatic imine (C=N–C) groups is 1. The van der Waals surface area contributed by atoms with Crippen molar-refractivity contribution in [3.8, 4) is 0 Å². The second kappa shape index (κ2) is 10.3. The molecule has 3 rings (SSSR count). The molecule has 5 N–H and O–H groups in total. The van der Waals surface area contributed by atoms with Crippen molar-refractivity contribution >= 4 is 29.2 Å². The van der Waals surface area contributed by atoms with E-state index in [1.165, 1.54) is 18.9 Å². The maximum Gasteiger partial charge on any atom is 0.219 e. The molecule has 0 bridgehead atoms. The van der Waals surface area contributed by atoms with Crippen LogP contribution < -0.4 is 16.0 Å². The van der Waals surface area contributed by atoms with Crippen LogP contribution in [0.5, 0.6) is 0 Å². The van der Waals surface area contributed by atoms with Crippen molar-refractivity contribution in [1.82, 2.24) is 10.2 Å². The molecule has 2 aliphatic rings. The van der Waals surface area contributed by atoms with Crippen LogP contribution in [0, 0.1) is 17.1 Å². The molecule has 0 atom stereocenters. The zero-order valence-electron chi connectivity index (χ0n) is 18.5. The normalized spacial score (nSPS) is 17.6. The van der Waals surface area contributed by atoms with Gasteiger partial charge in [0.05, 0.1) is 19.2 Å². The third-order valence-corrected chi connectivity index (χ3v) is 5.64. The van der Waals surface area contributed by atoms with Crippen LogP contribution in [0.3, 0.4) is 0 Å². The number of halogens is 1. The molecule has 1 aliphatic heterocycles. The molecule has 1 aromatic carbocycles. The van der Waals surface area contributed by atoms with Crippen molar-refractivity contribution in [3.63, 3.8) is 0 Å². The summed E-state index contributed by atoms with van der Waals surface area (Å²) in [4.78, 5) is 18.3. The van der Waals surface area contributed by atoms with Gasteiger partial charge < -0.3 is 26.3 Å². The van der Waals surface area contributed by atoms with E-state index in [1.807, 2.05) is 11.9 Å². The van der Waals surface area contributed by atoms with Gasteiger partial charge in [-0.3, -0.25) is 9.79 Å². The number of nitrogens with one attached hydrogen (secondary N) is 3. The van der Waals surface area contributed by atoms with Crippen molar-refractivity contribution < 1.29 is 14.5 Å². The lowest BCUT2D eigenvalue weighted by Gasteiger charge is -2.31. The summed E-state index contributed by atoms with van der Waals surface area (Å²) in [6.07, 6.45) is 6.13. The summed E-state index contributed by atoms with van der Waals surface area (Å²) in [6.45, 7) is 3.69. The van der Waals surface area contributed by atoms with Gasteiger partial charge >= 0.3 is 0 Å². The Morgan fingerprint density at radius 2 is 2.19 bits per heavy atom. The molecule has 7 nitrogen and oxygen atoms in total. The van der Waals surface area contributed by atoms with Crippen LogP contribution in [-0.2, 0) is 4.79 Å². The number of quaternary nitrogens is 1. The fourth-order valence-corrected chi connectivity index (χ4v) is 3.66. The number of hydrogen-bond acceptors (Lipinski definition) is 4. The number of amides is 1. The molecule has 31 heavy (non-hydrogen) atoms. The smallest absolute Gasteiger partial charge is 0.219 e. The molecular weight excluding hydrogens is 395 g/mol. The standard InChI is InChI=1S/C23H31FN6O/c1-15(31)30-9-8-22(28-12-16-4-5-16)20(14-30)23(27-3)29-18-6-7-21(24)19(10-18)17(11-25)13-26-2/h6-7,10-11,13,16,25-26,28H,4-5,8-9,12,14H2,1-3H3,(H,27,29)/p+1/b17-13+,25-11?. The van der Waals surface area contributed by atoms with Crippen molar-refractivity contribution in [3.05, 3.63) is 47.0 Å². The summed E-state index contributed by atoms with van der Waals surface area (Å²) in [6, 6.07) is 4.73. The van der Waals surface area contributed by atoms with Gasteiger partial charge in [-0.2, -0.15) is 0 Å². The lowest BCUT2D eigenvalue weighted by molar-refractivity contribution is -0.555. The van der Waals surface area contributed by atoms with Crippen molar-refractivity contribution in [2.24, 2.45) is 10.9 Å². The third kappa shape index (κ3) is 5.79. The molecule has 166 valence electrons. The molecule has 1 heterocycles. The van der Waals surface area contributed by atoms with Gasteiger partial charge in [0.2, 0.25) is 5.91 Å². The quantitative estimate of drug-likeness (QED) is 0.377. The van der Waals surface area contributed by atoms with Crippen molar-refractivity contribution in [2.75, 3.05) is 39.0 Å². The molecule has 8 heteroatoms. The Morgan fingerprint density at radius 1 is 1.42 bits per heavy atom. The average Bonchev–Trinajstić information content (AvgIpc) is 3.60. The number of nitrogens with zero attached hydrogens (tertiary/aromatic N) is 2. The fraction of sp³-hybridized carbons (Fsp3) is 0.435. The summed E-state index contributed by atoms with van der Waals surface area (Å²) >= 11 is 0. The molecule has 1 saturated carbocycles. The first kappa shape index (κ1) is 22.7. The van der Waals surface area contributed by atoms with Crippen LogP contribution >= 0.6 is 0 Å². The van der Waals surface area contributed by atoms with E-state index >= 15 is 0 Å². The number of benzene rings is 1. The fourth-order valence-electron chi connectivity index (χ4n) is 3.66. The van der Waals surface area contributed by atoms with Gasteiger partial charge in [0, 0.05) is 62.2 Å². The van der Waals surface area contributed by atoms with E-state index in [1.54, 1.807) is 37.6 Å². The summed E-state index contributed by atoms with van der Waals surface area (Å²) in [7, 11) is 3.54. The number of hydrogen-bond donors (Lipinski definition) is 4. The Hall–Kier alpha value is -3.00. The third-order valence-electron chi connectivity index (χ3n) is 5.64. The number of amidine groups is 1. The predicted molar refractivity (Wildman–Crippen MR) is 123 cm³/mol. The van der Waals surface area contributed by atoms with Gasteiger partial charge in [-0.05, 0) is 37.0 Å². The largest absolute Gasteiger partial charge is 0.388 e. The van der Waals surface area contributed by atoms with E-state index in [-0.39, 0.29) is 11.7 Å². The summed E-state index contributed by atoms with van der Waals surface area (Å²) in [5, 5.41) is 16.3. The highest BCUT2D eigenvalue weighted by Gasteiger charge is 2.26. The first-order valence-corrected chi connectivity index (χ1v) is 10.7. The Balaban J connectivity index is 1.89. The van der Waals surface area contributed by atoms with Gasteiger partial charge in [0.25, 0.3) is 0 Å². The minimum absolute atomic E-state index is 0.0369. The van der Waals surface area contributed by atoms with Crippen molar-refractivity contribution in [1.29, 1.82) is 5.41 Å². The first-order valence-electron chi connectivity index (χ1n) is 10.7. The topological polar surface area (TPSA) is 97.2 Å². The predicted octanol–water partition coefficient (Wildman–Crippen LogP) is 1.96. The van der Waals surface area contributed by atoms with Crippen LogP contribution in [0.15, 0.2) is 40.7 Å². The molecule has 1 aromatic rings. The molecule has 0 saturated heterocycles. The number of allylic oxidation sites excluding steroid dienone is 1. The van der Waals surface area contributed by atoms with E-state index in [9.17, 15) is 9.18 Å². The monoisotopic (exact) mass is 427 g/mol. The van der Waals surface area contributed by atoms with E-state index in [0.29, 0.717) is 35.7 Å². The molecule has 1 fully saturated rings. The Labute approximate surface area is 183 Å². The molecule has 1 amide bonds. The highest BCUT2D eigenvalue weighted by molar-refractivity contribution is 6.11. The SMILES string of the molecule is CN=C(Nc1ccc(F)c(/C(C=N)=C/[NH2+]C)c1)C1=C(NCC2CC2)CCN(C(C)=O)C1. The first-order chi connectivity index (χ1) is 15.0. The maximum atomic E-state index is 14.4. The van der Waals surface area contributed by atoms with Gasteiger partial charge in [0.1, 0.15) is 17.9 Å². The van der Waals surface area contributed by atoms with E-state index < -0.39 is 0 Å². The van der Waals surface area contributed by atoms with Crippen LogP contribution in [0.25, 0.3) is 5.57 Å². The number of rotatable bonds is 8. The summed E-state index contributed by atoms with van der Waals surface area (Å²) in [5.41, 5.74) is 3.59. The molecule has 0 spiro atoms. The highest BCUT2D eigenvalue weighted by atomic mass is 19.1. The maximum absolute atomic E-state index is 14.4. The summed E-state index contributed by atoms with van der Waals surface area (Å²) in [5.74, 6) is 1.04. The molecular formula is C23H32FN6O+. The van der Waals surface area contributed by atoms with Crippen LogP contribution in [-0.4, -0.2) is 56.6 Å². The second-order valence-electron chi connectivity index (χ2n) is 7.96. The highest BCUT2D eigenvalue weighted by Crippen LogP contribution is 2.29. The van der Waals surface area contributed by atoms with Gasteiger partial charge in [-0.15, -0.1) is 0 Å². The van der Waals surface area contributed by atoms with E-state index in [4.69, 9.17) is 5.41 Å². The second-order valence-corrected chi connectivity index (χ2v) is 7.96.